The average Bonchev–Trinajstić information content (AvgIpc) is 2.90. The van der Waals surface area contributed by atoms with Gasteiger partial charge in [-0.05, 0) is 32.0 Å². The van der Waals surface area contributed by atoms with Crippen molar-refractivity contribution in [3.05, 3.63) is 0 Å². The second kappa shape index (κ2) is 9.15. The van der Waals surface area contributed by atoms with E-state index in [9.17, 15) is 9.59 Å². The molecule has 0 aromatic rings. The van der Waals surface area contributed by atoms with E-state index in [-0.39, 0.29) is 24.5 Å². The SMILES string of the molecule is CCCCOC(=O)[C@@]1(C(C)OC(C)=O)CC[C@@H](BOCN)C1. The molecule has 0 spiro atoms. The van der Waals surface area contributed by atoms with Gasteiger partial charge in [0.05, 0.1) is 13.3 Å². The summed E-state index contributed by atoms with van der Waals surface area (Å²) >= 11 is 0. The maximum Gasteiger partial charge on any atom is 0.315 e. The molecule has 1 aliphatic rings. The minimum atomic E-state index is -0.762. The molecule has 7 heteroatoms. The molecule has 1 unspecified atom stereocenters. The Morgan fingerprint density at radius 3 is 2.77 bits per heavy atom. The highest BCUT2D eigenvalue weighted by molar-refractivity contribution is 6.29. The number of nitrogens with two attached hydrogens (primary N) is 1. The first kappa shape index (κ1) is 19.0. The second-order valence-corrected chi connectivity index (χ2v) is 6.04. The first-order chi connectivity index (χ1) is 10.5. The lowest BCUT2D eigenvalue weighted by atomic mass is 9.73. The molecule has 1 rings (SSSR count). The Morgan fingerprint density at radius 1 is 1.45 bits per heavy atom. The topological polar surface area (TPSA) is 87.8 Å². The Balaban J connectivity index is 2.77. The highest BCUT2D eigenvalue weighted by Crippen LogP contribution is 2.49. The van der Waals surface area contributed by atoms with Crippen LogP contribution in [0.1, 0.15) is 52.9 Å². The Hall–Kier alpha value is -1.08. The normalized spacial score (nSPS) is 25.5. The van der Waals surface area contributed by atoms with E-state index < -0.39 is 11.5 Å². The summed E-state index contributed by atoms with van der Waals surface area (Å²) < 4.78 is 16.0. The van der Waals surface area contributed by atoms with Gasteiger partial charge in [-0.3, -0.25) is 9.59 Å². The molecule has 0 radical (unpaired) electrons. The van der Waals surface area contributed by atoms with Crippen LogP contribution < -0.4 is 5.73 Å². The molecular formula is C15H28BNO5. The zero-order chi connectivity index (χ0) is 16.6. The molecule has 3 atom stereocenters. The maximum absolute atomic E-state index is 12.6. The van der Waals surface area contributed by atoms with Gasteiger partial charge in [-0.15, -0.1) is 0 Å². The van der Waals surface area contributed by atoms with Crippen molar-refractivity contribution in [1.29, 1.82) is 0 Å². The highest BCUT2D eigenvalue weighted by Gasteiger charge is 2.52. The van der Waals surface area contributed by atoms with Crippen molar-refractivity contribution >= 4 is 19.4 Å². The molecule has 2 N–H and O–H groups in total. The third-order valence-corrected chi connectivity index (χ3v) is 4.38. The van der Waals surface area contributed by atoms with Crippen LogP contribution >= 0.6 is 0 Å². The van der Waals surface area contributed by atoms with Crippen LogP contribution in [-0.4, -0.2) is 38.9 Å². The van der Waals surface area contributed by atoms with E-state index in [2.05, 4.69) is 0 Å². The largest absolute Gasteiger partial charge is 0.465 e. The molecule has 6 nitrogen and oxygen atoms in total. The van der Waals surface area contributed by atoms with Crippen molar-refractivity contribution in [2.45, 2.75) is 64.8 Å². The Labute approximate surface area is 133 Å². The van der Waals surface area contributed by atoms with Crippen molar-refractivity contribution in [2.24, 2.45) is 11.1 Å². The lowest BCUT2D eigenvalue weighted by molar-refractivity contribution is -0.170. The van der Waals surface area contributed by atoms with Gasteiger partial charge in [0.25, 0.3) is 7.48 Å². The lowest BCUT2D eigenvalue weighted by Gasteiger charge is -2.32. The molecule has 0 heterocycles. The van der Waals surface area contributed by atoms with Gasteiger partial charge in [-0.1, -0.05) is 19.8 Å². The van der Waals surface area contributed by atoms with Gasteiger partial charge in [0, 0.05) is 6.92 Å². The van der Waals surface area contributed by atoms with Crippen LogP contribution in [0.2, 0.25) is 5.82 Å². The number of hydrogen-bond acceptors (Lipinski definition) is 6. The Kier molecular flexibility index (Phi) is 7.89. The minimum Gasteiger partial charge on any atom is -0.465 e. The monoisotopic (exact) mass is 313 g/mol. The van der Waals surface area contributed by atoms with E-state index in [1.54, 1.807) is 6.92 Å². The summed E-state index contributed by atoms with van der Waals surface area (Å²) in [4.78, 5) is 23.9. The summed E-state index contributed by atoms with van der Waals surface area (Å²) in [6.45, 7) is 5.75. The smallest absolute Gasteiger partial charge is 0.315 e. The first-order valence-electron chi connectivity index (χ1n) is 8.08. The molecule has 0 aliphatic heterocycles. The number of unbranched alkanes of at least 4 members (excludes halogenated alkanes) is 1. The molecular weight excluding hydrogens is 285 g/mol. The fourth-order valence-corrected chi connectivity index (χ4v) is 3.09. The van der Waals surface area contributed by atoms with E-state index >= 15 is 0 Å². The molecule has 0 aromatic carbocycles. The molecule has 0 saturated heterocycles. The Bertz CT molecular complexity index is 379. The van der Waals surface area contributed by atoms with Crippen molar-refractivity contribution in [1.82, 2.24) is 0 Å². The molecule has 0 amide bonds. The second-order valence-electron chi connectivity index (χ2n) is 6.04. The first-order valence-corrected chi connectivity index (χ1v) is 8.08. The zero-order valence-corrected chi connectivity index (χ0v) is 13.9. The van der Waals surface area contributed by atoms with Crippen LogP contribution in [0.15, 0.2) is 0 Å². The quantitative estimate of drug-likeness (QED) is 0.300. The third kappa shape index (κ3) is 4.99. The van der Waals surface area contributed by atoms with Gasteiger partial charge in [0.2, 0.25) is 0 Å². The van der Waals surface area contributed by atoms with E-state index in [0.717, 1.165) is 19.3 Å². The predicted molar refractivity (Wildman–Crippen MR) is 84.4 cm³/mol. The summed E-state index contributed by atoms with van der Waals surface area (Å²) in [5.41, 5.74) is 4.60. The number of rotatable bonds is 9. The molecule has 126 valence electrons. The third-order valence-electron chi connectivity index (χ3n) is 4.38. The van der Waals surface area contributed by atoms with Crippen molar-refractivity contribution in [3.8, 4) is 0 Å². The predicted octanol–water partition coefficient (Wildman–Crippen LogP) is 1.52. The standard InChI is InChI=1S/C15H28BNO5/c1-4-5-8-20-14(19)15(11(2)22-12(3)18)7-6-13(9-15)16-21-10-17/h11,13,16H,4-10,17H2,1-3H3/t11?,13-,15+/m1/s1. The number of hydrogen-bond donors (Lipinski definition) is 1. The average molecular weight is 313 g/mol. The zero-order valence-electron chi connectivity index (χ0n) is 13.9. The van der Waals surface area contributed by atoms with Crippen molar-refractivity contribution in [2.75, 3.05) is 13.3 Å². The van der Waals surface area contributed by atoms with Gasteiger partial charge in [-0.25, -0.2) is 0 Å². The van der Waals surface area contributed by atoms with Crippen LogP contribution in [0.5, 0.6) is 0 Å². The van der Waals surface area contributed by atoms with Crippen LogP contribution in [0.4, 0.5) is 0 Å². The van der Waals surface area contributed by atoms with Gasteiger partial charge in [0.1, 0.15) is 11.5 Å². The summed E-state index contributed by atoms with van der Waals surface area (Å²) in [5.74, 6) is -0.403. The molecule has 22 heavy (non-hydrogen) atoms. The fraction of sp³-hybridized carbons (Fsp3) is 0.867. The van der Waals surface area contributed by atoms with E-state index in [1.165, 1.54) is 6.92 Å². The Morgan fingerprint density at radius 2 is 2.18 bits per heavy atom. The van der Waals surface area contributed by atoms with Crippen molar-refractivity contribution in [3.63, 3.8) is 0 Å². The fourth-order valence-electron chi connectivity index (χ4n) is 3.09. The summed E-state index contributed by atoms with van der Waals surface area (Å²) in [7, 11) is 0.521. The van der Waals surface area contributed by atoms with Gasteiger partial charge in [0.15, 0.2) is 0 Å². The van der Waals surface area contributed by atoms with Gasteiger partial charge >= 0.3 is 11.9 Å². The number of carbonyl (C=O) groups excluding carboxylic acids is 2. The highest BCUT2D eigenvalue weighted by atomic mass is 16.6. The van der Waals surface area contributed by atoms with Crippen LogP contribution in [-0.2, 0) is 23.7 Å². The summed E-state index contributed by atoms with van der Waals surface area (Å²) in [6.07, 6.45) is 3.39. The summed E-state index contributed by atoms with van der Waals surface area (Å²) in [5, 5.41) is 0. The van der Waals surface area contributed by atoms with Gasteiger partial charge < -0.3 is 19.9 Å². The van der Waals surface area contributed by atoms with E-state index in [1.807, 2.05) is 6.92 Å². The number of carbonyl (C=O) groups is 2. The molecule has 1 aliphatic carbocycles. The number of esters is 2. The van der Waals surface area contributed by atoms with Crippen LogP contribution in [0, 0.1) is 5.41 Å². The van der Waals surface area contributed by atoms with E-state index in [4.69, 9.17) is 19.9 Å². The van der Waals surface area contributed by atoms with Crippen LogP contribution in [0.25, 0.3) is 0 Å². The van der Waals surface area contributed by atoms with Crippen LogP contribution in [0.3, 0.4) is 0 Å². The van der Waals surface area contributed by atoms with E-state index in [0.29, 0.717) is 26.9 Å². The molecule has 1 fully saturated rings. The summed E-state index contributed by atoms with van der Waals surface area (Å²) in [6, 6.07) is 0. The lowest BCUT2D eigenvalue weighted by Crippen LogP contribution is -2.42. The maximum atomic E-state index is 12.6. The minimum absolute atomic E-state index is 0.171. The number of ether oxygens (including phenoxy) is 2. The van der Waals surface area contributed by atoms with Crippen molar-refractivity contribution < 1.29 is 23.7 Å². The molecule has 1 saturated carbocycles. The molecule has 0 aromatic heterocycles. The molecule has 0 bridgehead atoms. The van der Waals surface area contributed by atoms with Gasteiger partial charge in [-0.2, -0.15) is 0 Å².